The van der Waals surface area contributed by atoms with Gasteiger partial charge < -0.3 is 31.7 Å². The van der Waals surface area contributed by atoms with Gasteiger partial charge in [0.1, 0.15) is 17.2 Å². The molecule has 0 bridgehead atoms. The number of nitrogens with two attached hydrogens (primary N) is 1. The molecule has 3 rings (SSSR count). The van der Waals surface area contributed by atoms with Crippen molar-refractivity contribution in [2.45, 2.75) is 0 Å². The molecule has 7 N–H and O–H groups in total. The van der Waals surface area contributed by atoms with Crippen molar-refractivity contribution < 1.29 is 15.3 Å². The molecule has 0 aliphatic heterocycles. The molecule has 7 nitrogen and oxygen atoms in total. The summed E-state index contributed by atoms with van der Waals surface area (Å²) in [6, 6.07) is 20.9. The summed E-state index contributed by atoms with van der Waals surface area (Å²) in [5.41, 5.74) is 8.43. The Bertz CT molecular complexity index is 1170. The first kappa shape index (κ1) is 24.6. The Balaban J connectivity index is 2.05. The number of aliphatic imine (C=N–C) groups is 1. The highest BCUT2D eigenvalue weighted by molar-refractivity contribution is 5.85. The van der Waals surface area contributed by atoms with E-state index in [1.54, 1.807) is 73.0 Å². The van der Waals surface area contributed by atoms with E-state index < -0.39 is 0 Å². The maximum absolute atomic E-state index is 10.3. The van der Waals surface area contributed by atoms with Gasteiger partial charge in [0.2, 0.25) is 0 Å². The molecule has 0 saturated carbocycles. The third-order valence-corrected chi connectivity index (χ3v) is 4.96. The second-order valence-electron chi connectivity index (χ2n) is 7.49. The maximum atomic E-state index is 10.3. The fraction of sp³-hybridized carbons (Fsp3) is 0.148. The predicted octanol–water partition coefficient (Wildman–Crippen LogP) is 3.44. The number of para-hydroxylation sites is 3. The molecule has 3 aromatic rings. The third-order valence-electron chi connectivity index (χ3n) is 4.96. The Morgan fingerprint density at radius 3 is 1.79 bits per heavy atom. The van der Waals surface area contributed by atoms with Crippen LogP contribution in [0.1, 0.15) is 16.7 Å². The summed E-state index contributed by atoms with van der Waals surface area (Å²) in [5.74, 6) is 0.359. The fourth-order valence-corrected chi connectivity index (χ4v) is 3.17. The summed E-state index contributed by atoms with van der Waals surface area (Å²) >= 11 is 0. The maximum Gasteiger partial charge on any atom is 0.124 e. The number of nitrogens with one attached hydrogen (secondary N) is 2. The summed E-state index contributed by atoms with van der Waals surface area (Å²) in [6.45, 7) is 2.49. The molecular weight excluding hydrogens is 428 g/mol. The fourth-order valence-electron chi connectivity index (χ4n) is 3.17. The Morgan fingerprint density at radius 1 is 0.706 bits per heavy atom. The molecule has 176 valence electrons. The van der Waals surface area contributed by atoms with Crippen LogP contribution in [0.2, 0.25) is 0 Å². The van der Waals surface area contributed by atoms with Crippen LogP contribution in [0.3, 0.4) is 0 Å². The van der Waals surface area contributed by atoms with Gasteiger partial charge in [-0.1, -0.05) is 48.5 Å². The second-order valence-corrected chi connectivity index (χ2v) is 7.49. The van der Waals surface area contributed by atoms with E-state index in [-0.39, 0.29) is 17.2 Å². The minimum Gasteiger partial charge on any atom is -0.507 e. The van der Waals surface area contributed by atoms with Crippen LogP contribution in [0.15, 0.2) is 89.2 Å². The van der Waals surface area contributed by atoms with E-state index in [1.165, 1.54) is 0 Å². The van der Waals surface area contributed by atoms with Gasteiger partial charge in [-0.2, -0.15) is 0 Å². The lowest BCUT2D eigenvalue weighted by molar-refractivity contribution is 0.473. The lowest BCUT2D eigenvalue weighted by Crippen LogP contribution is -2.30. The molecule has 7 heteroatoms. The average Bonchev–Trinajstić information content (AvgIpc) is 2.84. The van der Waals surface area contributed by atoms with E-state index in [0.29, 0.717) is 54.3 Å². The van der Waals surface area contributed by atoms with Crippen molar-refractivity contribution in [1.29, 1.82) is 0 Å². The molecule has 0 aliphatic rings. The van der Waals surface area contributed by atoms with Crippen molar-refractivity contribution in [3.63, 3.8) is 0 Å². The zero-order valence-corrected chi connectivity index (χ0v) is 18.9. The highest BCUT2D eigenvalue weighted by atomic mass is 16.3. The van der Waals surface area contributed by atoms with Crippen molar-refractivity contribution in [2.24, 2.45) is 10.7 Å². The van der Waals surface area contributed by atoms with Gasteiger partial charge >= 0.3 is 0 Å². The number of benzene rings is 3. The Kier molecular flexibility index (Phi) is 9.28. The third kappa shape index (κ3) is 7.23. The number of phenolic OH excluding ortho intramolecular Hbond substituents is 3. The minimum atomic E-state index is 0.110. The van der Waals surface area contributed by atoms with Gasteiger partial charge in [0.05, 0.1) is 11.4 Å². The second kappa shape index (κ2) is 12.8. The van der Waals surface area contributed by atoms with Crippen LogP contribution in [-0.2, 0) is 0 Å². The zero-order valence-electron chi connectivity index (χ0n) is 18.9. The number of hydrogen-bond acceptors (Lipinski definition) is 7. The van der Waals surface area contributed by atoms with E-state index in [4.69, 9.17) is 5.73 Å². The van der Waals surface area contributed by atoms with Gasteiger partial charge in [-0.25, -0.2) is 0 Å². The van der Waals surface area contributed by atoms with E-state index in [2.05, 4.69) is 15.6 Å². The van der Waals surface area contributed by atoms with Crippen LogP contribution >= 0.6 is 0 Å². The summed E-state index contributed by atoms with van der Waals surface area (Å²) in [4.78, 5) is 4.64. The van der Waals surface area contributed by atoms with E-state index >= 15 is 0 Å². The highest BCUT2D eigenvalue weighted by Gasteiger charge is 2.09. The SMILES string of the molecule is NCCNCCNC(=Cc1ccccc1O)C(=Cc1ccccc1O)N=Cc1ccccc1O. The number of hydrogen-bond donors (Lipinski definition) is 6. The average molecular weight is 459 g/mol. The minimum absolute atomic E-state index is 0.110. The Hall–Kier alpha value is -4.07. The highest BCUT2D eigenvalue weighted by Crippen LogP contribution is 2.26. The zero-order chi connectivity index (χ0) is 24.2. The molecule has 0 saturated heterocycles. The lowest BCUT2D eigenvalue weighted by atomic mass is 10.1. The van der Waals surface area contributed by atoms with Gasteiger partial charge in [0.25, 0.3) is 0 Å². The van der Waals surface area contributed by atoms with Crippen LogP contribution in [0, 0.1) is 0 Å². The summed E-state index contributed by atoms with van der Waals surface area (Å²) in [7, 11) is 0. The van der Waals surface area contributed by atoms with Gasteiger partial charge in [0.15, 0.2) is 0 Å². The topological polar surface area (TPSA) is 123 Å². The molecule has 0 heterocycles. The molecule has 0 aromatic heterocycles. The van der Waals surface area contributed by atoms with Crippen molar-refractivity contribution >= 4 is 18.4 Å². The van der Waals surface area contributed by atoms with Crippen molar-refractivity contribution in [3.05, 3.63) is 101 Å². The van der Waals surface area contributed by atoms with Crippen molar-refractivity contribution in [2.75, 3.05) is 26.2 Å². The molecule has 0 unspecified atom stereocenters. The van der Waals surface area contributed by atoms with Crippen molar-refractivity contribution in [3.8, 4) is 17.2 Å². The largest absolute Gasteiger partial charge is 0.507 e. The quantitative estimate of drug-likeness (QED) is 0.149. The molecule has 0 amide bonds. The van der Waals surface area contributed by atoms with Crippen LogP contribution in [0.25, 0.3) is 12.2 Å². The van der Waals surface area contributed by atoms with E-state index in [9.17, 15) is 15.3 Å². The first-order chi connectivity index (χ1) is 16.6. The first-order valence-electron chi connectivity index (χ1n) is 11.0. The first-order valence-corrected chi connectivity index (χ1v) is 11.0. The number of aromatic hydroxyl groups is 3. The van der Waals surface area contributed by atoms with Gasteiger partial charge in [0, 0.05) is 49.1 Å². The predicted molar refractivity (Wildman–Crippen MR) is 138 cm³/mol. The standard InChI is InChI=1S/C27H30N4O3/c28-13-14-29-15-16-30-23(17-20-7-1-4-10-25(20)32)24(18-21-8-2-5-11-26(21)33)31-19-22-9-3-6-12-27(22)34/h1-12,17-19,29-30,32-34H,13-16,28H2. The van der Waals surface area contributed by atoms with Gasteiger partial charge in [-0.05, 0) is 36.4 Å². The molecule has 0 atom stereocenters. The molecule has 0 aliphatic carbocycles. The normalized spacial score (nSPS) is 12.3. The lowest BCUT2D eigenvalue weighted by Gasteiger charge is -2.14. The molecule has 34 heavy (non-hydrogen) atoms. The molecule has 0 spiro atoms. The number of nitrogens with zero attached hydrogens (tertiary/aromatic N) is 1. The van der Waals surface area contributed by atoms with Crippen LogP contribution in [-0.4, -0.2) is 47.7 Å². The summed E-state index contributed by atoms with van der Waals surface area (Å²) < 4.78 is 0. The molecular formula is C27H30N4O3. The monoisotopic (exact) mass is 458 g/mol. The van der Waals surface area contributed by atoms with E-state index in [0.717, 1.165) is 0 Å². The molecule has 3 aromatic carbocycles. The Labute approximate surface area is 199 Å². The number of phenols is 3. The van der Waals surface area contributed by atoms with Crippen LogP contribution in [0.5, 0.6) is 17.2 Å². The van der Waals surface area contributed by atoms with Crippen LogP contribution < -0.4 is 16.4 Å². The van der Waals surface area contributed by atoms with Crippen molar-refractivity contribution in [1.82, 2.24) is 10.6 Å². The molecule has 0 radical (unpaired) electrons. The van der Waals surface area contributed by atoms with E-state index in [1.807, 2.05) is 18.2 Å². The smallest absolute Gasteiger partial charge is 0.124 e. The van der Waals surface area contributed by atoms with Crippen LogP contribution in [0.4, 0.5) is 0 Å². The Morgan fingerprint density at radius 2 is 1.24 bits per heavy atom. The van der Waals surface area contributed by atoms with Gasteiger partial charge in [-0.3, -0.25) is 4.99 Å². The number of rotatable bonds is 11. The summed E-state index contributed by atoms with van der Waals surface area (Å²) in [6.07, 6.45) is 5.11. The summed E-state index contributed by atoms with van der Waals surface area (Å²) in [5, 5.41) is 37.4. The molecule has 0 fully saturated rings. The van der Waals surface area contributed by atoms with Gasteiger partial charge in [-0.15, -0.1) is 0 Å².